The molecule has 0 aliphatic heterocycles. The lowest BCUT2D eigenvalue weighted by Gasteiger charge is -2.05. The van der Waals surface area contributed by atoms with Crippen LogP contribution in [0.2, 0.25) is 0 Å². The van der Waals surface area contributed by atoms with Gasteiger partial charge in [-0.3, -0.25) is 8.75 Å². The molecule has 114 valence electrons. The number of hydrogen-bond donors (Lipinski definition) is 1. The minimum Gasteiger partial charge on any atom is -0.508 e. The van der Waals surface area contributed by atoms with Crippen LogP contribution in [0, 0.1) is 0 Å². The van der Waals surface area contributed by atoms with Gasteiger partial charge < -0.3 is 14.6 Å². The maximum absolute atomic E-state index is 12.5. The van der Waals surface area contributed by atoms with Gasteiger partial charge in [0.15, 0.2) is 11.5 Å². The average Bonchev–Trinajstić information content (AvgIpc) is 2.81. The summed E-state index contributed by atoms with van der Waals surface area (Å²) in [6, 6.07) is 10.4. The Balaban J connectivity index is 2.08. The molecule has 22 heavy (non-hydrogen) atoms. The summed E-state index contributed by atoms with van der Waals surface area (Å²) in [6.45, 7) is 0.414. The first-order valence-electron chi connectivity index (χ1n) is 6.66. The molecule has 0 amide bonds. The molecule has 3 aromatic rings. The highest BCUT2D eigenvalue weighted by Crippen LogP contribution is 2.33. The van der Waals surface area contributed by atoms with Crippen LogP contribution in [-0.4, -0.2) is 23.3 Å². The third kappa shape index (κ3) is 2.53. The number of aromatic hydroxyl groups is 1. The maximum atomic E-state index is 12.5. The molecule has 2 aromatic carbocycles. The zero-order valence-electron chi connectivity index (χ0n) is 12.2. The highest BCUT2D eigenvalue weighted by atomic mass is 32.1. The second kappa shape index (κ2) is 5.73. The zero-order valence-corrected chi connectivity index (χ0v) is 13.0. The third-order valence-corrected chi connectivity index (χ3v) is 4.44. The van der Waals surface area contributed by atoms with E-state index < -0.39 is 0 Å². The van der Waals surface area contributed by atoms with Crippen molar-refractivity contribution in [2.24, 2.45) is 0 Å². The van der Waals surface area contributed by atoms with E-state index in [-0.39, 0.29) is 11.3 Å². The Morgan fingerprint density at radius 3 is 2.55 bits per heavy atom. The molecule has 1 N–H and O–H groups in total. The molecule has 6 heteroatoms. The van der Waals surface area contributed by atoms with Crippen molar-refractivity contribution in [3.05, 3.63) is 52.3 Å². The van der Waals surface area contributed by atoms with Crippen molar-refractivity contribution in [1.82, 2.24) is 3.96 Å². The molecular weight excluding hydrogens is 302 g/mol. The van der Waals surface area contributed by atoms with Crippen LogP contribution in [0.3, 0.4) is 0 Å². The summed E-state index contributed by atoms with van der Waals surface area (Å²) >= 11 is 1.36. The van der Waals surface area contributed by atoms with E-state index in [0.717, 1.165) is 10.3 Å². The largest absolute Gasteiger partial charge is 0.508 e. The molecule has 5 nitrogen and oxygen atoms in total. The van der Waals surface area contributed by atoms with E-state index in [9.17, 15) is 9.90 Å². The molecule has 0 spiro atoms. The highest BCUT2D eigenvalue weighted by molar-refractivity contribution is 7.13. The van der Waals surface area contributed by atoms with Gasteiger partial charge in [0.1, 0.15) is 5.75 Å². The molecule has 1 heterocycles. The number of aromatic nitrogens is 1. The van der Waals surface area contributed by atoms with Gasteiger partial charge in [-0.15, -0.1) is 0 Å². The molecule has 1 aromatic heterocycles. The average molecular weight is 317 g/mol. The van der Waals surface area contributed by atoms with Gasteiger partial charge in [-0.1, -0.05) is 23.7 Å². The predicted octanol–water partition coefficient (Wildman–Crippen LogP) is 2.83. The molecule has 0 saturated heterocycles. The van der Waals surface area contributed by atoms with Crippen molar-refractivity contribution in [3.63, 3.8) is 0 Å². The topological polar surface area (TPSA) is 60.7 Å². The summed E-state index contributed by atoms with van der Waals surface area (Å²) in [5.74, 6) is 1.32. The molecule has 0 radical (unpaired) electrons. The minimum absolute atomic E-state index is 0.0794. The summed E-state index contributed by atoms with van der Waals surface area (Å²) in [5, 5.41) is 10.1. The minimum atomic E-state index is -0.0794. The smallest absolute Gasteiger partial charge is 0.268 e. The molecule has 0 bridgehead atoms. The van der Waals surface area contributed by atoms with Gasteiger partial charge in [-0.2, -0.15) is 0 Å². The fraction of sp³-hybridized carbons (Fsp3) is 0.188. The van der Waals surface area contributed by atoms with E-state index in [4.69, 9.17) is 9.47 Å². The second-order valence-electron chi connectivity index (χ2n) is 4.81. The van der Waals surface area contributed by atoms with Gasteiger partial charge >= 0.3 is 0 Å². The number of methoxy groups -OCH3 is 2. The number of benzene rings is 2. The van der Waals surface area contributed by atoms with E-state index in [0.29, 0.717) is 23.4 Å². The van der Waals surface area contributed by atoms with Gasteiger partial charge in [-0.25, -0.2) is 0 Å². The van der Waals surface area contributed by atoms with Crippen LogP contribution in [0.5, 0.6) is 17.2 Å². The van der Waals surface area contributed by atoms with E-state index in [2.05, 4.69) is 0 Å². The summed E-state index contributed by atoms with van der Waals surface area (Å²) in [5.41, 5.74) is 0.789. The SMILES string of the molecule is COc1cc2sn(Cc3cccc(O)c3)c(=O)c2cc1OC. The molecule has 0 aliphatic rings. The first kappa shape index (κ1) is 14.5. The molecule has 0 saturated carbocycles. The summed E-state index contributed by atoms with van der Waals surface area (Å²) in [7, 11) is 3.11. The van der Waals surface area contributed by atoms with E-state index in [1.807, 2.05) is 6.07 Å². The maximum Gasteiger partial charge on any atom is 0.268 e. The van der Waals surface area contributed by atoms with Crippen LogP contribution in [0.15, 0.2) is 41.2 Å². The van der Waals surface area contributed by atoms with Crippen LogP contribution >= 0.6 is 11.5 Å². The monoisotopic (exact) mass is 317 g/mol. The molecule has 3 rings (SSSR count). The number of ether oxygens (including phenoxy) is 2. The van der Waals surface area contributed by atoms with Crippen LogP contribution in [0.4, 0.5) is 0 Å². The quantitative estimate of drug-likeness (QED) is 0.804. The predicted molar refractivity (Wildman–Crippen MR) is 86.4 cm³/mol. The van der Waals surface area contributed by atoms with E-state index in [1.165, 1.54) is 11.5 Å². The van der Waals surface area contributed by atoms with Gasteiger partial charge in [0.2, 0.25) is 0 Å². The lowest BCUT2D eigenvalue weighted by atomic mass is 10.2. The van der Waals surface area contributed by atoms with Crippen LogP contribution in [0.25, 0.3) is 10.1 Å². The number of rotatable bonds is 4. The Morgan fingerprint density at radius 1 is 1.14 bits per heavy atom. The summed E-state index contributed by atoms with van der Waals surface area (Å²) in [6.07, 6.45) is 0. The van der Waals surface area contributed by atoms with Gasteiger partial charge in [0, 0.05) is 6.07 Å². The standard InChI is InChI=1S/C16H15NO4S/c1-20-13-7-12-15(8-14(13)21-2)22-17(16(12)19)9-10-4-3-5-11(18)6-10/h3-8,18H,9H2,1-2H3. The Morgan fingerprint density at radius 2 is 1.86 bits per heavy atom. The molecule has 0 atom stereocenters. The lowest BCUT2D eigenvalue weighted by Crippen LogP contribution is -2.13. The van der Waals surface area contributed by atoms with E-state index in [1.54, 1.807) is 48.5 Å². The van der Waals surface area contributed by atoms with Crippen molar-refractivity contribution in [2.45, 2.75) is 6.54 Å². The van der Waals surface area contributed by atoms with Gasteiger partial charge in [0.05, 0.1) is 30.9 Å². The van der Waals surface area contributed by atoms with Crippen molar-refractivity contribution in [2.75, 3.05) is 14.2 Å². The Labute approximate surface area is 131 Å². The number of hydrogen-bond acceptors (Lipinski definition) is 5. The normalized spacial score (nSPS) is 10.8. The van der Waals surface area contributed by atoms with E-state index >= 15 is 0 Å². The van der Waals surface area contributed by atoms with Crippen molar-refractivity contribution >= 4 is 21.6 Å². The molecular formula is C16H15NO4S. The lowest BCUT2D eigenvalue weighted by molar-refractivity contribution is 0.356. The number of nitrogens with zero attached hydrogens (tertiary/aromatic N) is 1. The van der Waals surface area contributed by atoms with Crippen molar-refractivity contribution < 1.29 is 14.6 Å². The summed E-state index contributed by atoms with van der Waals surface area (Å²) in [4.78, 5) is 12.5. The zero-order chi connectivity index (χ0) is 15.7. The van der Waals surface area contributed by atoms with Crippen LogP contribution in [0.1, 0.15) is 5.56 Å². The van der Waals surface area contributed by atoms with Gasteiger partial charge in [0.25, 0.3) is 5.56 Å². The molecule has 0 unspecified atom stereocenters. The fourth-order valence-electron chi connectivity index (χ4n) is 2.32. The third-order valence-electron chi connectivity index (χ3n) is 3.39. The number of phenols is 1. The highest BCUT2D eigenvalue weighted by Gasteiger charge is 2.13. The first-order chi connectivity index (χ1) is 10.6. The Kier molecular flexibility index (Phi) is 3.77. The van der Waals surface area contributed by atoms with Crippen LogP contribution < -0.4 is 15.0 Å². The number of phenolic OH excluding ortho intramolecular Hbond substituents is 1. The van der Waals surface area contributed by atoms with Crippen molar-refractivity contribution in [3.8, 4) is 17.2 Å². The van der Waals surface area contributed by atoms with Gasteiger partial charge in [-0.05, 0) is 23.8 Å². The number of fused-ring (bicyclic) bond motifs is 1. The fourth-order valence-corrected chi connectivity index (χ4v) is 3.36. The Hall–Kier alpha value is -2.47. The first-order valence-corrected chi connectivity index (χ1v) is 7.43. The van der Waals surface area contributed by atoms with Crippen molar-refractivity contribution in [1.29, 1.82) is 0 Å². The second-order valence-corrected chi connectivity index (χ2v) is 5.87. The summed E-state index contributed by atoms with van der Waals surface area (Å²) < 4.78 is 13.0. The Bertz CT molecular complexity index is 881. The molecule has 0 aliphatic carbocycles. The van der Waals surface area contributed by atoms with Crippen LogP contribution in [-0.2, 0) is 6.54 Å². The molecule has 0 fully saturated rings.